The Labute approximate surface area is 95.0 Å². The van der Waals surface area contributed by atoms with Gasteiger partial charge in [0.05, 0.1) is 10.6 Å². The molecule has 0 amide bonds. The monoisotopic (exact) mass is 255 g/mol. The number of rotatable bonds is 2. The van der Waals surface area contributed by atoms with Crippen molar-refractivity contribution >= 4 is 23.4 Å². The van der Waals surface area contributed by atoms with Crippen molar-refractivity contribution in [2.75, 3.05) is 0 Å². The summed E-state index contributed by atoms with van der Waals surface area (Å²) in [5, 5.41) is 0.704. The van der Waals surface area contributed by atoms with Crippen molar-refractivity contribution in [2.24, 2.45) is 0 Å². The largest absolute Gasteiger partial charge is 0.417 e. The van der Waals surface area contributed by atoms with Gasteiger partial charge in [-0.3, -0.25) is 0 Å². The maximum Gasteiger partial charge on any atom is 0.417 e. The van der Waals surface area contributed by atoms with Gasteiger partial charge >= 0.3 is 6.18 Å². The van der Waals surface area contributed by atoms with Crippen molar-refractivity contribution in [2.45, 2.75) is 30.3 Å². The van der Waals surface area contributed by atoms with Gasteiger partial charge in [-0.1, -0.05) is 25.4 Å². The molecule has 1 aromatic heterocycles. The summed E-state index contributed by atoms with van der Waals surface area (Å²) in [6.45, 7) is 3.83. The molecule has 0 aliphatic heterocycles. The van der Waals surface area contributed by atoms with Gasteiger partial charge in [0.1, 0.15) is 5.03 Å². The van der Waals surface area contributed by atoms with E-state index in [1.807, 2.05) is 13.8 Å². The van der Waals surface area contributed by atoms with Crippen molar-refractivity contribution in [3.8, 4) is 0 Å². The van der Waals surface area contributed by atoms with Gasteiger partial charge in [0.15, 0.2) is 0 Å². The SMILES string of the molecule is CC(C)Sc1ncc(C(F)(F)F)cc1Cl. The summed E-state index contributed by atoms with van der Waals surface area (Å²) in [6.07, 6.45) is -3.59. The first-order chi connectivity index (χ1) is 6.80. The molecule has 0 atom stereocenters. The number of aromatic nitrogens is 1. The van der Waals surface area contributed by atoms with Crippen LogP contribution in [0.4, 0.5) is 13.2 Å². The molecule has 15 heavy (non-hydrogen) atoms. The van der Waals surface area contributed by atoms with Crippen LogP contribution < -0.4 is 0 Å². The molecule has 1 heterocycles. The molecule has 0 radical (unpaired) electrons. The summed E-state index contributed by atoms with van der Waals surface area (Å²) in [6, 6.07) is 0.902. The van der Waals surface area contributed by atoms with E-state index >= 15 is 0 Å². The van der Waals surface area contributed by atoms with Crippen molar-refractivity contribution < 1.29 is 13.2 Å². The van der Waals surface area contributed by atoms with Gasteiger partial charge in [-0.05, 0) is 6.07 Å². The van der Waals surface area contributed by atoms with Crippen molar-refractivity contribution in [3.05, 3.63) is 22.8 Å². The van der Waals surface area contributed by atoms with Gasteiger partial charge in [-0.15, -0.1) is 11.8 Å². The van der Waals surface area contributed by atoms with E-state index < -0.39 is 11.7 Å². The minimum absolute atomic E-state index is 0.0449. The molecular formula is C9H9ClF3NS. The highest BCUT2D eigenvalue weighted by Gasteiger charge is 2.31. The molecule has 0 bridgehead atoms. The summed E-state index contributed by atoms with van der Waals surface area (Å²) >= 11 is 7.03. The summed E-state index contributed by atoms with van der Waals surface area (Å²) < 4.78 is 36.8. The average Bonchev–Trinajstić information content (AvgIpc) is 2.05. The van der Waals surface area contributed by atoms with E-state index in [0.717, 1.165) is 12.3 Å². The Bertz CT molecular complexity index is 352. The standard InChI is InChI=1S/C9H9ClF3NS/c1-5(2)15-8-7(10)3-6(4-14-8)9(11,12)13/h3-5H,1-2H3. The van der Waals surface area contributed by atoms with E-state index in [4.69, 9.17) is 11.6 Å². The topological polar surface area (TPSA) is 12.9 Å². The zero-order chi connectivity index (χ0) is 11.6. The molecule has 0 N–H and O–H groups in total. The zero-order valence-corrected chi connectivity index (χ0v) is 9.67. The van der Waals surface area contributed by atoms with Crippen LogP contribution in [0.1, 0.15) is 19.4 Å². The molecule has 6 heteroatoms. The molecule has 1 nitrogen and oxygen atoms in total. The van der Waals surface area contributed by atoms with Gasteiger partial charge < -0.3 is 0 Å². The maximum atomic E-state index is 12.3. The smallest absolute Gasteiger partial charge is 0.248 e. The molecule has 0 unspecified atom stereocenters. The second-order valence-electron chi connectivity index (χ2n) is 3.18. The normalized spacial score (nSPS) is 12.2. The third kappa shape index (κ3) is 3.57. The molecule has 0 saturated heterocycles. The highest BCUT2D eigenvalue weighted by Crippen LogP contribution is 2.34. The van der Waals surface area contributed by atoms with Crippen molar-refractivity contribution in [1.29, 1.82) is 0 Å². The van der Waals surface area contributed by atoms with E-state index in [9.17, 15) is 13.2 Å². The minimum atomic E-state index is -4.39. The van der Waals surface area contributed by atoms with Crippen LogP contribution >= 0.6 is 23.4 Å². The minimum Gasteiger partial charge on any atom is -0.248 e. The van der Waals surface area contributed by atoms with E-state index in [1.54, 1.807) is 0 Å². The highest BCUT2D eigenvalue weighted by atomic mass is 35.5. The Morgan fingerprint density at radius 2 is 2.00 bits per heavy atom. The van der Waals surface area contributed by atoms with Crippen LogP contribution in [0.25, 0.3) is 0 Å². The number of hydrogen-bond acceptors (Lipinski definition) is 2. The van der Waals surface area contributed by atoms with Crippen LogP contribution in [0, 0.1) is 0 Å². The molecule has 0 aliphatic carbocycles. The number of nitrogens with zero attached hydrogens (tertiary/aromatic N) is 1. The van der Waals surface area contributed by atoms with Gasteiger partial charge in [0.25, 0.3) is 0 Å². The lowest BCUT2D eigenvalue weighted by Crippen LogP contribution is -2.06. The van der Waals surface area contributed by atoms with Gasteiger partial charge in [-0.25, -0.2) is 4.98 Å². The third-order valence-electron chi connectivity index (χ3n) is 1.48. The second kappa shape index (κ2) is 4.61. The maximum absolute atomic E-state index is 12.3. The highest BCUT2D eigenvalue weighted by molar-refractivity contribution is 7.99. The predicted molar refractivity (Wildman–Crippen MR) is 55.2 cm³/mol. The first-order valence-corrected chi connectivity index (χ1v) is 5.46. The first-order valence-electron chi connectivity index (χ1n) is 4.20. The van der Waals surface area contributed by atoms with E-state index in [0.29, 0.717) is 5.03 Å². The number of hydrogen-bond donors (Lipinski definition) is 0. The Kier molecular flexibility index (Phi) is 3.89. The molecule has 0 spiro atoms. The van der Waals surface area contributed by atoms with Crippen LogP contribution in [0.2, 0.25) is 5.02 Å². The van der Waals surface area contributed by atoms with Crippen molar-refractivity contribution in [1.82, 2.24) is 4.98 Å². The summed E-state index contributed by atoms with van der Waals surface area (Å²) in [7, 11) is 0. The van der Waals surface area contributed by atoms with Gasteiger partial charge in [-0.2, -0.15) is 13.2 Å². The third-order valence-corrected chi connectivity index (χ3v) is 2.90. The van der Waals surface area contributed by atoms with Crippen LogP contribution in [-0.2, 0) is 6.18 Å². The lowest BCUT2D eigenvalue weighted by Gasteiger charge is -2.09. The summed E-state index contributed by atoms with van der Waals surface area (Å²) in [5.41, 5.74) is -0.819. The first kappa shape index (κ1) is 12.6. The van der Waals surface area contributed by atoms with Gasteiger partial charge in [0, 0.05) is 11.4 Å². The predicted octanol–water partition coefficient (Wildman–Crippen LogP) is 4.25. The Hall–Kier alpha value is -0.420. The van der Waals surface area contributed by atoms with E-state index in [1.165, 1.54) is 11.8 Å². The molecule has 0 aromatic carbocycles. The summed E-state index contributed by atoms with van der Waals surface area (Å²) in [4.78, 5) is 3.70. The fourth-order valence-corrected chi connectivity index (χ4v) is 1.92. The molecule has 1 rings (SSSR count). The van der Waals surface area contributed by atoms with Crippen LogP contribution in [0.3, 0.4) is 0 Å². The molecule has 0 fully saturated rings. The molecular weight excluding hydrogens is 247 g/mol. The molecule has 84 valence electrons. The fraction of sp³-hybridized carbons (Fsp3) is 0.444. The summed E-state index contributed by atoms with van der Waals surface area (Å²) in [5.74, 6) is 0. The molecule has 0 aliphatic rings. The fourth-order valence-electron chi connectivity index (χ4n) is 0.890. The number of pyridine rings is 1. The van der Waals surface area contributed by atoms with E-state index in [2.05, 4.69) is 4.98 Å². The average molecular weight is 256 g/mol. The number of alkyl halides is 3. The Morgan fingerprint density at radius 1 is 1.40 bits per heavy atom. The lowest BCUT2D eigenvalue weighted by molar-refractivity contribution is -0.137. The number of thioether (sulfide) groups is 1. The molecule has 1 aromatic rings. The Balaban J connectivity index is 2.98. The number of halogens is 4. The van der Waals surface area contributed by atoms with Crippen LogP contribution in [-0.4, -0.2) is 10.2 Å². The second-order valence-corrected chi connectivity index (χ2v) is 5.15. The van der Waals surface area contributed by atoms with Crippen molar-refractivity contribution in [3.63, 3.8) is 0 Å². The zero-order valence-electron chi connectivity index (χ0n) is 8.10. The molecule has 0 saturated carbocycles. The van der Waals surface area contributed by atoms with Crippen LogP contribution in [0.5, 0.6) is 0 Å². The van der Waals surface area contributed by atoms with Crippen LogP contribution in [0.15, 0.2) is 17.3 Å². The van der Waals surface area contributed by atoms with E-state index in [-0.39, 0.29) is 10.3 Å². The Morgan fingerprint density at radius 3 is 2.40 bits per heavy atom. The van der Waals surface area contributed by atoms with Gasteiger partial charge in [0.2, 0.25) is 0 Å². The lowest BCUT2D eigenvalue weighted by atomic mass is 10.3. The quantitative estimate of drug-likeness (QED) is 0.733.